The lowest BCUT2D eigenvalue weighted by atomic mass is 10.1. The van der Waals surface area contributed by atoms with Gasteiger partial charge < -0.3 is 0 Å². The monoisotopic (exact) mass is 275 g/mol. The van der Waals surface area contributed by atoms with Crippen molar-refractivity contribution in [3.05, 3.63) is 47.8 Å². The molecule has 0 aliphatic carbocycles. The molecule has 0 unspecified atom stereocenters. The van der Waals surface area contributed by atoms with E-state index in [2.05, 4.69) is 21.9 Å². The Hall–Kier alpha value is -3.05. The van der Waals surface area contributed by atoms with Crippen LogP contribution in [-0.2, 0) is 13.0 Å². The van der Waals surface area contributed by atoms with Gasteiger partial charge in [-0.1, -0.05) is 31.2 Å². The zero-order chi connectivity index (χ0) is 15.1. The molecule has 0 spiro atoms. The first-order chi connectivity index (χ1) is 10.3. The lowest BCUT2D eigenvalue weighted by Gasteiger charge is -2.03. The van der Waals surface area contributed by atoms with Crippen LogP contribution in [0.2, 0.25) is 0 Å². The summed E-state index contributed by atoms with van der Waals surface area (Å²) >= 11 is 0. The second-order valence-electron chi connectivity index (χ2n) is 4.31. The Labute approximate surface area is 123 Å². The Morgan fingerprint density at radius 1 is 1.14 bits per heavy atom. The van der Waals surface area contributed by atoms with Crippen molar-refractivity contribution in [2.75, 3.05) is 0 Å². The predicted octanol–water partition coefficient (Wildman–Crippen LogP) is 2.69. The molecule has 0 aliphatic rings. The van der Waals surface area contributed by atoms with E-state index >= 15 is 0 Å². The van der Waals surface area contributed by atoms with Crippen LogP contribution in [-0.4, -0.2) is 15.7 Å². The second kappa shape index (κ2) is 6.93. The molecule has 1 aromatic heterocycles. The summed E-state index contributed by atoms with van der Waals surface area (Å²) in [5.41, 5.74) is 2.74. The molecule has 21 heavy (non-hydrogen) atoms. The first-order valence-corrected chi connectivity index (χ1v) is 6.52. The second-order valence-corrected chi connectivity index (χ2v) is 4.31. The molecule has 0 fully saturated rings. The zero-order valence-corrected chi connectivity index (χ0v) is 11.6. The largest absolute Gasteiger partial charge is 0.260 e. The summed E-state index contributed by atoms with van der Waals surface area (Å²) in [6.45, 7) is 2.36. The fourth-order valence-electron chi connectivity index (χ4n) is 1.76. The van der Waals surface area contributed by atoms with E-state index in [1.54, 1.807) is 18.3 Å². The number of aliphatic imine (C=N–C) groups is 1. The van der Waals surface area contributed by atoms with Crippen LogP contribution < -0.4 is 0 Å². The van der Waals surface area contributed by atoms with Gasteiger partial charge in [0.2, 0.25) is 5.71 Å². The third-order valence-electron chi connectivity index (χ3n) is 2.92. The average Bonchev–Trinajstić information content (AvgIpc) is 2.56. The third kappa shape index (κ3) is 3.71. The number of hydrogen-bond donors (Lipinski definition) is 0. The highest BCUT2D eigenvalue weighted by Gasteiger charge is 2.02. The highest BCUT2D eigenvalue weighted by Crippen LogP contribution is 2.16. The molecule has 0 radical (unpaired) electrons. The van der Waals surface area contributed by atoms with Gasteiger partial charge in [0.05, 0.1) is 6.54 Å². The summed E-state index contributed by atoms with van der Waals surface area (Å²) in [7, 11) is 0. The molecule has 0 bridgehead atoms. The maximum absolute atomic E-state index is 8.63. The minimum Gasteiger partial charge on any atom is -0.260 e. The standard InChI is InChI=1S/C16H13N5/c1-2-14-7-8-19-16(21-14)13-5-3-12(4-6-13)11-20-15(9-17)10-18/h3-8H,2,11H2,1H3. The van der Waals surface area contributed by atoms with Gasteiger partial charge in [0.25, 0.3) is 0 Å². The Kier molecular flexibility index (Phi) is 4.74. The van der Waals surface area contributed by atoms with Crippen molar-refractivity contribution >= 4 is 5.71 Å². The van der Waals surface area contributed by atoms with Crippen LogP contribution in [0.15, 0.2) is 41.5 Å². The molecule has 1 aromatic carbocycles. The normalized spacial score (nSPS) is 9.48. The lowest BCUT2D eigenvalue weighted by molar-refractivity contribution is 1.00. The number of benzene rings is 1. The summed E-state index contributed by atoms with van der Waals surface area (Å²) in [5, 5.41) is 17.3. The number of rotatable bonds is 4. The first kappa shape index (κ1) is 14.4. The van der Waals surface area contributed by atoms with E-state index in [0.717, 1.165) is 23.2 Å². The van der Waals surface area contributed by atoms with Crippen LogP contribution in [0.3, 0.4) is 0 Å². The maximum Gasteiger partial charge on any atom is 0.213 e. The fraction of sp³-hybridized carbons (Fsp3) is 0.188. The number of aryl methyl sites for hydroxylation is 1. The van der Waals surface area contributed by atoms with Gasteiger partial charge in [-0.3, -0.25) is 4.99 Å². The van der Waals surface area contributed by atoms with Gasteiger partial charge in [0.1, 0.15) is 12.1 Å². The van der Waals surface area contributed by atoms with E-state index in [-0.39, 0.29) is 5.71 Å². The summed E-state index contributed by atoms with van der Waals surface area (Å²) in [6.07, 6.45) is 2.62. The topological polar surface area (TPSA) is 85.7 Å². The highest BCUT2D eigenvalue weighted by molar-refractivity contribution is 6.10. The quantitative estimate of drug-likeness (QED) is 0.803. The predicted molar refractivity (Wildman–Crippen MR) is 79.2 cm³/mol. The van der Waals surface area contributed by atoms with Crippen molar-refractivity contribution < 1.29 is 0 Å². The Balaban J connectivity index is 2.18. The molecule has 0 amide bonds. The highest BCUT2D eigenvalue weighted by atomic mass is 14.9. The molecular formula is C16H13N5. The number of aromatic nitrogens is 2. The molecule has 0 saturated carbocycles. The van der Waals surface area contributed by atoms with E-state index in [0.29, 0.717) is 12.4 Å². The van der Waals surface area contributed by atoms with Crippen molar-refractivity contribution in [3.63, 3.8) is 0 Å². The Bertz CT molecular complexity index is 716. The fourth-order valence-corrected chi connectivity index (χ4v) is 1.76. The SMILES string of the molecule is CCc1ccnc(-c2ccc(CN=C(C#N)C#N)cc2)n1. The molecule has 0 N–H and O–H groups in total. The van der Waals surface area contributed by atoms with Gasteiger partial charge in [-0.05, 0) is 18.1 Å². The van der Waals surface area contributed by atoms with E-state index in [9.17, 15) is 0 Å². The molecule has 0 atom stereocenters. The summed E-state index contributed by atoms with van der Waals surface area (Å²) in [6, 6.07) is 13.0. The van der Waals surface area contributed by atoms with Crippen molar-refractivity contribution in [1.29, 1.82) is 10.5 Å². The zero-order valence-electron chi connectivity index (χ0n) is 11.6. The van der Waals surface area contributed by atoms with E-state index in [1.165, 1.54) is 0 Å². The molecule has 5 nitrogen and oxygen atoms in total. The molecule has 0 aliphatic heterocycles. The van der Waals surface area contributed by atoms with Crippen LogP contribution in [0.1, 0.15) is 18.2 Å². The third-order valence-corrected chi connectivity index (χ3v) is 2.92. The van der Waals surface area contributed by atoms with Crippen molar-refractivity contribution in [1.82, 2.24) is 9.97 Å². The van der Waals surface area contributed by atoms with Gasteiger partial charge >= 0.3 is 0 Å². The minimum absolute atomic E-state index is 0.113. The lowest BCUT2D eigenvalue weighted by Crippen LogP contribution is -1.94. The summed E-state index contributed by atoms with van der Waals surface area (Å²) in [4.78, 5) is 12.7. The van der Waals surface area contributed by atoms with E-state index in [4.69, 9.17) is 10.5 Å². The molecule has 2 aromatic rings. The van der Waals surface area contributed by atoms with E-state index < -0.39 is 0 Å². The van der Waals surface area contributed by atoms with Gasteiger partial charge in [-0.15, -0.1) is 0 Å². The van der Waals surface area contributed by atoms with Gasteiger partial charge in [0, 0.05) is 17.5 Å². The van der Waals surface area contributed by atoms with Crippen LogP contribution in [0.25, 0.3) is 11.4 Å². The smallest absolute Gasteiger partial charge is 0.213 e. The molecule has 102 valence electrons. The van der Waals surface area contributed by atoms with Crippen molar-refractivity contribution in [3.8, 4) is 23.5 Å². The molecular weight excluding hydrogens is 262 g/mol. The number of nitriles is 2. The molecule has 5 heteroatoms. The van der Waals surface area contributed by atoms with Crippen molar-refractivity contribution in [2.45, 2.75) is 19.9 Å². The van der Waals surface area contributed by atoms with E-state index in [1.807, 2.05) is 30.3 Å². The first-order valence-electron chi connectivity index (χ1n) is 6.52. The molecule has 2 rings (SSSR count). The maximum atomic E-state index is 8.63. The summed E-state index contributed by atoms with van der Waals surface area (Å²) < 4.78 is 0. The molecule has 1 heterocycles. The summed E-state index contributed by atoms with van der Waals surface area (Å²) in [5.74, 6) is 0.694. The minimum atomic E-state index is -0.113. The Morgan fingerprint density at radius 2 is 1.86 bits per heavy atom. The average molecular weight is 275 g/mol. The van der Waals surface area contributed by atoms with Gasteiger partial charge in [-0.2, -0.15) is 10.5 Å². The Morgan fingerprint density at radius 3 is 2.48 bits per heavy atom. The van der Waals surface area contributed by atoms with Crippen LogP contribution in [0.4, 0.5) is 0 Å². The van der Waals surface area contributed by atoms with Crippen LogP contribution in [0, 0.1) is 22.7 Å². The van der Waals surface area contributed by atoms with Crippen LogP contribution in [0.5, 0.6) is 0 Å². The number of nitrogens with zero attached hydrogens (tertiary/aromatic N) is 5. The van der Waals surface area contributed by atoms with Gasteiger partial charge in [0.15, 0.2) is 5.82 Å². The van der Waals surface area contributed by atoms with Crippen molar-refractivity contribution in [2.24, 2.45) is 4.99 Å². The molecule has 0 saturated heterocycles. The van der Waals surface area contributed by atoms with Crippen LogP contribution >= 0.6 is 0 Å². The van der Waals surface area contributed by atoms with Gasteiger partial charge in [-0.25, -0.2) is 9.97 Å². The number of hydrogen-bond acceptors (Lipinski definition) is 5.